The number of non-ortho nitro benzene ring substituents is 1. The van der Waals surface area contributed by atoms with Crippen molar-refractivity contribution in [3.05, 3.63) is 87.2 Å². The monoisotopic (exact) mass is 463 g/mol. The van der Waals surface area contributed by atoms with Gasteiger partial charge in [-0.25, -0.2) is 0 Å². The molecule has 0 bridgehead atoms. The molecule has 10 heteroatoms. The summed E-state index contributed by atoms with van der Waals surface area (Å²) in [5.74, 6) is -1.25. The number of aromatic nitrogens is 1. The molecule has 1 atom stereocenters. The highest BCUT2D eigenvalue weighted by molar-refractivity contribution is 6.51. The Morgan fingerprint density at radius 2 is 1.94 bits per heavy atom. The van der Waals surface area contributed by atoms with Gasteiger partial charge in [-0.2, -0.15) is 0 Å². The van der Waals surface area contributed by atoms with E-state index in [1.54, 1.807) is 37.3 Å². The number of nitro groups is 1. The summed E-state index contributed by atoms with van der Waals surface area (Å²) in [6.45, 7) is 4.13. The van der Waals surface area contributed by atoms with Crippen LogP contribution in [-0.4, -0.2) is 33.5 Å². The molecule has 1 amide bonds. The molecule has 4 rings (SSSR count). The Hall–Kier alpha value is -4.47. The van der Waals surface area contributed by atoms with Gasteiger partial charge in [0.25, 0.3) is 11.5 Å². The van der Waals surface area contributed by atoms with Gasteiger partial charge in [0.1, 0.15) is 17.3 Å². The van der Waals surface area contributed by atoms with Crippen LogP contribution in [0.4, 0.5) is 11.5 Å². The number of ketones is 1. The predicted octanol–water partition coefficient (Wildman–Crippen LogP) is 4.31. The average Bonchev–Trinajstić information content (AvgIpc) is 3.38. The van der Waals surface area contributed by atoms with Gasteiger partial charge < -0.3 is 14.4 Å². The Kier molecular flexibility index (Phi) is 6.13. The fourth-order valence-corrected chi connectivity index (χ4v) is 3.74. The lowest BCUT2D eigenvalue weighted by atomic mass is 9.95. The van der Waals surface area contributed by atoms with Crippen molar-refractivity contribution in [1.29, 1.82) is 0 Å². The van der Waals surface area contributed by atoms with E-state index >= 15 is 0 Å². The minimum atomic E-state index is -1.15. The molecule has 1 aromatic heterocycles. The number of anilines is 1. The second-order valence-electron chi connectivity index (χ2n) is 7.69. The number of carbonyl (C=O) groups excluding carboxylic acids is 2. The maximum Gasteiger partial charge on any atom is 0.301 e. The number of benzene rings is 2. The second kappa shape index (κ2) is 9.18. The lowest BCUT2D eigenvalue weighted by Gasteiger charge is -2.22. The first-order valence-corrected chi connectivity index (χ1v) is 10.5. The van der Waals surface area contributed by atoms with Gasteiger partial charge >= 0.3 is 5.91 Å². The molecule has 0 aliphatic carbocycles. The van der Waals surface area contributed by atoms with E-state index in [-0.39, 0.29) is 28.2 Å². The van der Waals surface area contributed by atoms with Crippen molar-refractivity contribution in [2.45, 2.75) is 26.3 Å². The number of carbonyl (C=O) groups is 2. The molecular formula is C24H21N3O7. The van der Waals surface area contributed by atoms with Gasteiger partial charge in [-0.05, 0) is 43.2 Å². The highest BCUT2D eigenvalue weighted by Crippen LogP contribution is 2.42. The first kappa shape index (κ1) is 22.7. The van der Waals surface area contributed by atoms with E-state index in [1.807, 2.05) is 6.92 Å². The maximum atomic E-state index is 13.1. The normalized spacial score (nSPS) is 17.2. The molecule has 2 aromatic carbocycles. The van der Waals surface area contributed by atoms with E-state index in [9.17, 15) is 24.8 Å². The molecule has 0 radical (unpaired) electrons. The lowest BCUT2D eigenvalue weighted by molar-refractivity contribution is -0.384. The highest BCUT2D eigenvalue weighted by Gasteiger charge is 2.48. The van der Waals surface area contributed by atoms with Crippen molar-refractivity contribution in [3.8, 4) is 5.75 Å². The first-order valence-electron chi connectivity index (χ1n) is 10.5. The molecule has 0 unspecified atom stereocenters. The van der Waals surface area contributed by atoms with Crippen molar-refractivity contribution < 1.29 is 28.9 Å². The highest BCUT2D eigenvalue weighted by atomic mass is 16.6. The van der Waals surface area contributed by atoms with Crippen LogP contribution in [0.5, 0.6) is 5.75 Å². The number of hydrogen-bond acceptors (Lipinski definition) is 8. The Morgan fingerprint density at radius 1 is 1.21 bits per heavy atom. The molecule has 1 fully saturated rings. The summed E-state index contributed by atoms with van der Waals surface area (Å²) in [5.41, 5.74) is 0.109. The maximum absolute atomic E-state index is 13.1. The molecule has 1 saturated heterocycles. The van der Waals surface area contributed by atoms with E-state index in [2.05, 4.69) is 5.16 Å². The minimum absolute atomic E-state index is 0.0541. The smallest absolute Gasteiger partial charge is 0.301 e. The van der Waals surface area contributed by atoms with Crippen LogP contribution in [0.15, 0.2) is 64.7 Å². The number of amides is 1. The van der Waals surface area contributed by atoms with E-state index in [1.165, 1.54) is 24.3 Å². The summed E-state index contributed by atoms with van der Waals surface area (Å²) in [7, 11) is 0. The minimum Gasteiger partial charge on any atom is -0.507 e. The molecule has 1 aliphatic rings. The number of nitro benzene ring substituents is 1. The lowest BCUT2D eigenvalue weighted by Crippen LogP contribution is -2.29. The molecule has 10 nitrogen and oxygen atoms in total. The molecule has 0 spiro atoms. The number of Topliss-reactive ketones (excluding diaryl/α,β-unsaturated/α-hetero) is 1. The van der Waals surface area contributed by atoms with Crippen molar-refractivity contribution in [2.24, 2.45) is 0 Å². The van der Waals surface area contributed by atoms with Gasteiger partial charge in [0.15, 0.2) is 5.82 Å². The van der Waals surface area contributed by atoms with Crippen LogP contribution in [-0.2, 0) is 9.59 Å². The number of hydrogen-bond donors (Lipinski definition) is 1. The zero-order chi connectivity index (χ0) is 24.4. The van der Waals surface area contributed by atoms with Crippen LogP contribution in [0.25, 0.3) is 5.76 Å². The van der Waals surface area contributed by atoms with E-state index in [0.717, 1.165) is 11.3 Å². The van der Waals surface area contributed by atoms with Gasteiger partial charge in [-0.1, -0.05) is 24.2 Å². The van der Waals surface area contributed by atoms with Crippen LogP contribution in [0, 0.1) is 17.0 Å². The molecule has 34 heavy (non-hydrogen) atoms. The van der Waals surface area contributed by atoms with E-state index in [0.29, 0.717) is 18.1 Å². The van der Waals surface area contributed by atoms with Gasteiger partial charge in [0.05, 0.1) is 23.1 Å². The van der Waals surface area contributed by atoms with E-state index < -0.39 is 28.4 Å². The number of ether oxygens (including phenoxy) is 1. The van der Waals surface area contributed by atoms with Crippen molar-refractivity contribution in [2.75, 3.05) is 11.5 Å². The first-order chi connectivity index (χ1) is 16.3. The summed E-state index contributed by atoms with van der Waals surface area (Å²) in [6, 6.07) is 12.3. The predicted molar refractivity (Wildman–Crippen MR) is 121 cm³/mol. The van der Waals surface area contributed by atoms with Crippen molar-refractivity contribution in [3.63, 3.8) is 0 Å². The second-order valence-corrected chi connectivity index (χ2v) is 7.69. The number of nitrogens with zero attached hydrogens (tertiary/aromatic N) is 3. The summed E-state index contributed by atoms with van der Waals surface area (Å²) in [5, 5.41) is 26.3. The zero-order valence-electron chi connectivity index (χ0n) is 18.4. The summed E-state index contributed by atoms with van der Waals surface area (Å²) in [6.07, 6.45) is 0.829. The Morgan fingerprint density at radius 3 is 2.56 bits per heavy atom. The van der Waals surface area contributed by atoms with Crippen LogP contribution in [0.3, 0.4) is 0 Å². The van der Waals surface area contributed by atoms with Gasteiger partial charge in [-0.3, -0.25) is 24.6 Å². The molecule has 174 valence electrons. The van der Waals surface area contributed by atoms with Crippen molar-refractivity contribution in [1.82, 2.24) is 5.16 Å². The number of aryl methyl sites for hydroxylation is 1. The third-order valence-electron chi connectivity index (χ3n) is 5.30. The average molecular weight is 463 g/mol. The Balaban J connectivity index is 1.87. The molecular weight excluding hydrogens is 442 g/mol. The number of rotatable bonds is 7. The zero-order valence-corrected chi connectivity index (χ0v) is 18.4. The Labute approximate surface area is 194 Å². The van der Waals surface area contributed by atoms with Crippen LogP contribution in [0.2, 0.25) is 0 Å². The number of aliphatic hydroxyl groups excluding tert-OH is 1. The summed E-state index contributed by atoms with van der Waals surface area (Å²) < 4.78 is 10.6. The summed E-state index contributed by atoms with van der Waals surface area (Å²) >= 11 is 0. The largest absolute Gasteiger partial charge is 0.507 e. The van der Waals surface area contributed by atoms with Crippen molar-refractivity contribution >= 4 is 29.0 Å². The Bertz CT molecular complexity index is 1290. The third kappa shape index (κ3) is 4.13. The van der Waals surface area contributed by atoms with Gasteiger partial charge in [0.2, 0.25) is 0 Å². The fraction of sp³-hybridized carbons (Fsp3) is 0.208. The van der Waals surface area contributed by atoms with Crippen LogP contribution >= 0.6 is 0 Å². The summed E-state index contributed by atoms with van der Waals surface area (Å²) in [4.78, 5) is 38.0. The molecule has 1 N–H and O–H groups in total. The SMILES string of the molecule is CCCOc1ccc(C(O)=C2C(=O)C(=O)N(c3cc(C)on3)[C@@H]2c2cccc([N+](=O)[O-])c2)cc1. The van der Waals surface area contributed by atoms with Crippen LogP contribution < -0.4 is 9.64 Å². The number of aliphatic hydroxyl groups is 1. The van der Waals surface area contributed by atoms with Crippen LogP contribution in [0.1, 0.15) is 36.3 Å². The quantitative estimate of drug-likeness (QED) is 0.180. The topological polar surface area (TPSA) is 136 Å². The van der Waals surface area contributed by atoms with E-state index in [4.69, 9.17) is 9.26 Å². The van der Waals surface area contributed by atoms with Gasteiger partial charge in [-0.15, -0.1) is 0 Å². The molecule has 0 saturated carbocycles. The fourth-order valence-electron chi connectivity index (χ4n) is 3.74. The molecule has 1 aliphatic heterocycles. The third-order valence-corrected chi connectivity index (χ3v) is 5.30. The van der Waals surface area contributed by atoms with Gasteiger partial charge in [0, 0.05) is 23.8 Å². The molecule has 3 aromatic rings. The molecule has 2 heterocycles. The standard InChI is InChI=1S/C24H21N3O7/c1-3-11-33-18-9-7-15(8-10-18)22(28)20-21(16-5-4-6-17(13-16)27(31)32)26(24(30)23(20)29)19-12-14(2)34-25-19/h4-10,12-13,21,28H,3,11H2,1-2H3/t21-/m1/s1.